The van der Waals surface area contributed by atoms with Crippen LogP contribution in [-0.2, 0) is 22.7 Å². The third-order valence-corrected chi connectivity index (χ3v) is 0. The number of hydrogen-bond acceptors (Lipinski definition) is 2. The van der Waals surface area contributed by atoms with Crippen LogP contribution in [0.1, 0.15) is 0 Å². The van der Waals surface area contributed by atoms with E-state index < -0.39 is 22.7 Å². The van der Waals surface area contributed by atoms with Crippen LogP contribution in [0.5, 0.6) is 0 Å². The summed E-state index contributed by atoms with van der Waals surface area (Å²) in [5.41, 5.74) is 0. The molecule has 0 atom stereocenters. The molecule has 0 bridgehead atoms. The fourth-order valence-corrected chi connectivity index (χ4v) is 0. The van der Waals surface area contributed by atoms with Gasteiger partial charge in [-0.25, -0.2) is 0 Å². The second-order valence-electron chi connectivity index (χ2n) is 0.461. The van der Waals surface area contributed by atoms with Crippen LogP contribution < -0.4 is 0 Å². The van der Waals surface area contributed by atoms with Gasteiger partial charge in [-0.3, -0.25) is 18.2 Å². The van der Waals surface area contributed by atoms with Crippen LogP contribution in [0.15, 0.2) is 0 Å². The van der Waals surface area contributed by atoms with Gasteiger partial charge in [0.25, 0.3) is 22.7 Å². The molecule has 0 saturated carbocycles. The topological polar surface area (TPSA) is 147 Å². The summed E-state index contributed by atoms with van der Waals surface area (Å²) in [7, 11) is 0. The minimum absolute atomic E-state index is 0. The van der Waals surface area contributed by atoms with Gasteiger partial charge in [0, 0.05) is 0 Å². The van der Waals surface area contributed by atoms with Crippen LogP contribution in [0.25, 0.3) is 0 Å². The van der Waals surface area contributed by atoms with Crippen molar-refractivity contribution in [2.75, 3.05) is 0 Å². The van der Waals surface area contributed by atoms with Gasteiger partial charge in [0.2, 0.25) is 0 Å². The molecule has 0 fully saturated rings. The first-order chi connectivity index (χ1) is 3.46. The van der Waals surface area contributed by atoms with Crippen LogP contribution >= 0.6 is 0 Å². The number of hydrogen-bond donors (Lipinski definition) is 4. The SMILES string of the molecule is O.O=S(O)O.O=S(O)O.[KH]. The van der Waals surface area contributed by atoms with Gasteiger partial charge in [0.15, 0.2) is 0 Å². The van der Waals surface area contributed by atoms with Crippen molar-refractivity contribution in [2.24, 2.45) is 0 Å². The molecule has 10 heavy (non-hydrogen) atoms. The van der Waals surface area contributed by atoms with Crippen molar-refractivity contribution in [3.63, 3.8) is 0 Å². The van der Waals surface area contributed by atoms with Crippen LogP contribution in [0.4, 0.5) is 0 Å². The molecule has 0 heterocycles. The van der Waals surface area contributed by atoms with Gasteiger partial charge in [-0.1, -0.05) is 0 Å². The van der Waals surface area contributed by atoms with Crippen molar-refractivity contribution in [3.05, 3.63) is 0 Å². The van der Waals surface area contributed by atoms with E-state index in [4.69, 9.17) is 26.6 Å². The molecule has 7 nitrogen and oxygen atoms in total. The van der Waals surface area contributed by atoms with Crippen LogP contribution in [-0.4, -0.2) is 83.5 Å². The molecule has 62 valence electrons. The third kappa shape index (κ3) is 246. The predicted octanol–water partition coefficient (Wildman–Crippen LogP) is -2.11. The van der Waals surface area contributed by atoms with Crippen molar-refractivity contribution >= 4 is 74.1 Å². The molecule has 0 aromatic heterocycles. The molecule has 0 aliphatic heterocycles. The Bertz CT molecular complexity index is 69.6. The molecule has 0 aromatic rings. The Kier molecular flexibility index (Phi) is 38.4. The quantitative estimate of drug-likeness (QED) is 0.272. The zero-order valence-corrected chi connectivity index (χ0v) is 5.55. The molecular formula is H7KO7S2. The molecule has 10 heteroatoms. The third-order valence-electron chi connectivity index (χ3n) is 0. The van der Waals surface area contributed by atoms with Crippen LogP contribution in [0.2, 0.25) is 0 Å². The van der Waals surface area contributed by atoms with Crippen LogP contribution in [0.3, 0.4) is 0 Å². The van der Waals surface area contributed by atoms with Crippen molar-refractivity contribution in [2.45, 2.75) is 0 Å². The molecule has 0 aliphatic rings. The summed E-state index contributed by atoms with van der Waals surface area (Å²) in [6, 6.07) is 0. The van der Waals surface area contributed by atoms with E-state index in [0.29, 0.717) is 0 Å². The van der Waals surface area contributed by atoms with E-state index in [9.17, 15) is 0 Å². The van der Waals surface area contributed by atoms with Gasteiger partial charge in [0.05, 0.1) is 0 Å². The summed E-state index contributed by atoms with van der Waals surface area (Å²) in [6.45, 7) is 0. The van der Waals surface area contributed by atoms with Gasteiger partial charge in [-0.15, -0.1) is 0 Å². The molecule has 0 amide bonds. The van der Waals surface area contributed by atoms with Crippen LogP contribution in [0, 0.1) is 0 Å². The van der Waals surface area contributed by atoms with Gasteiger partial charge in [0.1, 0.15) is 0 Å². The average molecular weight is 222 g/mol. The first-order valence-electron chi connectivity index (χ1n) is 1.06. The molecule has 0 radical (unpaired) electrons. The molecule has 0 aliphatic carbocycles. The zero-order valence-electron chi connectivity index (χ0n) is 3.92. The summed E-state index contributed by atoms with van der Waals surface area (Å²) in [5.74, 6) is 0. The molecule has 0 spiro atoms. The first-order valence-corrected chi connectivity index (χ1v) is 3.19. The van der Waals surface area contributed by atoms with Crippen molar-refractivity contribution in [3.8, 4) is 0 Å². The minimum atomic E-state index is -2.61. The first kappa shape index (κ1) is 22.6. The predicted molar refractivity (Wildman–Crippen MR) is 37.6 cm³/mol. The van der Waals surface area contributed by atoms with E-state index >= 15 is 0 Å². The normalized spacial score (nSPS) is 7.00. The summed E-state index contributed by atoms with van der Waals surface area (Å²) in [6.07, 6.45) is 0. The van der Waals surface area contributed by atoms with E-state index in [0.717, 1.165) is 0 Å². The molecule has 0 unspecified atom stereocenters. The fraction of sp³-hybridized carbons (Fsp3) is 0. The Labute approximate surface area is 105 Å². The van der Waals surface area contributed by atoms with E-state index in [1.54, 1.807) is 0 Å². The Morgan fingerprint density at radius 3 is 0.800 bits per heavy atom. The maximum absolute atomic E-state index is 8.67. The van der Waals surface area contributed by atoms with Gasteiger partial charge >= 0.3 is 51.4 Å². The second kappa shape index (κ2) is 17.0. The van der Waals surface area contributed by atoms with E-state index in [1.807, 2.05) is 0 Å². The molecule has 0 rings (SSSR count). The average Bonchev–Trinajstić information content (AvgIpc) is 1.25. The Morgan fingerprint density at radius 2 is 0.800 bits per heavy atom. The summed E-state index contributed by atoms with van der Waals surface area (Å²) < 4.78 is 45.7. The number of rotatable bonds is 0. The van der Waals surface area contributed by atoms with Crippen molar-refractivity contribution in [1.82, 2.24) is 0 Å². The summed E-state index contributed by atoms with van der Waals surface area (Å²) in [5, 5.41) is 0. The van der Waals surface area contributed by atoms with Gasteiger partial charge in [-0.2, -0.15) is 8.42 Å². The Morgan fingerprint density at radius 1 is 0.800 bits per heavy atom. The van der Waals surface area contributed by atoms with Gasteiger partial charge < -0.3 is 5.48 Å². The Balaban J connectivity index is -0.0000000300. The van der Waals surface area contributed by atoms with Gasteiger partial charge in [-0.05, 0) is 0 Å². The van der Waals surface area contributed by atoms with E-state index in [1.165, 1.54) is 0 Å². The molecule has 0 aromatic carbocycles. The monoisotopic (exact) mass is 222 g/mol. The van der Waals surface area contributed by atoms with Crippen molar-refractivity contribution in [1.29, 1.82) is 0 Å². The molecular weight excluding hydrogens is 215 g/mol. The summed E-state index contributed by atoms with van der Waals surface area (Å²) >= 11 is -5.22. The van der Waals surface area contributed by atoms with Crippen molar-refractivity contribution < 1.29 is 32.1 Å². The maximum atomic E-state index is 8.67. The second-order valence-corrected chi connectivity index (χ2v) is 1.38. The Hall–Kier alpha value is 1.74. The standard InChI is InChI=1S/K.2H2O3S.H2O.H/c;2*1-4(2)3;;/h;2*(H2,1,2,3);1H2;. The summed E-state index contributed by atoms with van der Waals surface area (Å²) in [4.78, 5) is 0. The van der Waals surface area contributed by atoms with E-state index in [-0.39, 0.29) is 56.9 Å². The molecule has 6 N–H and O–H groups in total. The van der Waals surface area contributed by atoms with E-state index in [2.05, 4.69) is 0 Å². The molecule has 0 saturated heterocycles. The fourth-order valence-electron chi connectivity index (χ4n) is 0. The zero-order chi connectivity index (χ0) is 7.15.